The first-order valence-electron chi connectivity index (χ1n) is 7.96. The number of rotatable bonds is 6. The minimum Gasteiger partial charge on any atom is -0.508 e. The van der Waals surface area contributed by atoms with Gasteiger partial charge in [-0.2, -0.15) is 0 Å². The molecule has 4 N–H and O–H groups in total. The topological polar surface area (TPSA) is 88.2 Å². The fourth-order valence-corrected chi connectivity index (χ4v) is 2.59. The predicted molar refractivity (Wildman–Crippen MR) is 98.1 cm³/mol. The van der Waals surface area contributed by atoms with Crippen LogP contribution in [0.1, 0.15) is 5.56 Å². The van der Waals surface area contributed by atoms with Gasteiger partial charge in [-0.25, -0.2) is 0 Å². The molecular weight excluding hydrogens is 314 g/mol. The van der Waals surface area contributed by atoms with Crippen LogP contribution >= 0.6 is 0 Å². The number of primary amides is 1. The van der Waals surface area contributed by atoms with Gasteiger partial charge in [0, 0.05) is 24.5 Å². The average Bonchev–Trinajstić information content (AvgIpc) is 2.64. The largest absolute Gasteiger partial charge is 0.508 e. The summed E-state index contributed by atoms with van der Waals surface area (Å²) in [5.74, 6) is -0.231. The summed E-state index contributed by atoms with van der Waals surface area (Å²) in [6.07, 6.45) is 3.95. The van der Waals surface area contributed by atoms with Gasteiger partial charge < -0.3 is 16.2 Å². The molecule has 0 aliphatic rings. The smallest absolute Gasteiger partial charge is 0.240 e. The second-order valence-electron chi connectivity index (χ2n) is 5.78. The number of nitrogens with one attached hydrogen (secondary N) is 1. The summed E-state index contributed by atoms with van der Waals surface area (Å²) in [4.78, 5) is 15.8. The van der Waals surface area contributed by atoms with E-state index < -0.39 is 11.9 Å². The van der Waals surface area contributed by atoms with Gasteiger partial charge in [-0.05, 0) is 53.1 Å². The van der Waals surface area contributed by atoms with Crippen LogP contribution in [0.2, 0.25) is 0 Å². The van der Waals surface area contributed by atoms with E-state index in [1.807, 2.05) is 36.4 Å². The second kappa shape index (κ2) is 7.49. The standard InChI is InChI=1S/C20H19N3O2/c21-20(25)19(13-14-1-7-18(24)8-2-14)23-17-5-3-15(4-6-17)16-9-11-22-12-10-16/h1-12,19,23-24H,13H2,(H2,21,25)/t19-/m1/s1. The number of pyridine rings is 1. The van der Waals surface area contributed by atoms with Gasteiger partial charge in [-0.15, -0.1) is 0 Å². The number of phenols is 1. The zero-order valence-electron chi connectivity index (χ0n) is 13.6. The molecule has 0 saturated heterocycles. The Bertz CT molecular complexity index is 831. The van der Waals surface area contributed by atoms with Crippen LogP contribution in [0.25, 0.3) is 11.1 Å². The quantitative estimate of drug-likeness (QED) is 0.647. The maximum absolute atomic E-state index is 11.8. The third-order valence-corrected chi connectivity index (χ3v) is 3.96. The highest BCUT2D eigenvalue weighted by Crippen LogP contribution is 2.21. The van der Waals surface area contributed by atoms with E-state index in [1.54, 1.807) is 36.7 Å². The lowest BCUT2D eigenvalue weighted by molar-refractivity contribution is -0.118. The molecule has 1 atom stereocenters. The molecule has 0 aliphatic heterocycles. The summed E-state index contributed by atoms with van der Waals surface area (Å²) in [6.45, 7) is 0. The monoisotopic (exact) mass is 333 g/mol. The zero-order chi connectivity index (χ0) is 17.6. The van der Waals surface area contributed by atoms with E-state index in [0.717, 1.165) is 22.4 Å². The Morgan fingerprint density at radius 1 is 0.960 bits per heavy atom. The summed E-state index contributed by atoms with van der Waals surface area (Å²) in [5.41, 5.74) is 9.42. The maximum Gasteiger partial charge on any atom is 0.240 e. The van der Waals surface area contributed by atoms with Crippen molar-refractivity contribution in [1.82, 2.24) is 4.98 Å². The molecule has 5 nitrogen and oxygen atoms in total. The van der Waals surface area contributed by atoms with Gasteiger partial charge in [0.2, 0.25) is 5.91 Å². The Morgan fingerprint density at radius 3 is 2.16 bits per heavy atom. The summed E-state index contributed by atoms with van der Waals surface area (Å²) in [5, 5.41) is 12.5. The van der Waals surface area contributed by atoms with E-state index in [-0.39, 0.29) is 5.75 Å². The number of anilines is 1. The Hall–Kier alpha value is -3.34. The Labute approximate surface area is 146 Å². The van der Waals surface area contributed by atoms with Crippen LogP contribution in [0.4, 0.5) is 5.69 Å². The molecule has 0 fully saturated rings. The Morgan fingerprint density at radius 2 is 1.56 bits per heavy atom. The van der Waals surface area contributed by atoms with Crippen molar-refractivity contribution in [2.45, 2.75) is 12.5 Å². The van der Waals surface area contributed by atoms with Crippen molar-refractivity contribution in [2.75, 3.05) is 5.32 Å². The highest BCUT2D eigenvalue weighted by Gasteiger charge is 2.16. The van der Waals surface area contributed by atoms with E-state index in [1.165, 1.54) is 0 Å². The van der Waals surface area contributed by atoms with Crippen LogP contribution in [0.3, 0.4) is 0 Å². The Kier molecular flexibility index (Phi) is 4.95. The first-order valence-corrected chi connectivity index (χ1v) is 7.96. The van der Waals surface area contributed by atoms with E-state index in [4.69, 9.17) is 5.73 Å². The highest BCUT2D eigenvalue weighted by atomic mass is 16.3. The number of nitrogens with two attached hydrogens (primary N) is 1. The fraction of sp³-hybridized carbons (Fsp3) is 0.100. The molecular formula is C20H19N3O2. The lowest BCUT2D eigenvalue weighted by Gasteiger charge is -2.17. The molecule has 5 heteroatoms. The molecule has 0 unspecified atom stereocenters. The molecule has 2 aromatic carbocycles. The van der Waals surface area contributed by atoms with Crippen molar-refractivity contribution in [2.24, 2.45) is 5.73 Å². The highest BCUT2D eigenvalue weighted by molar-refractivity contribution is 5.83. The van der Waals surface area contributed by atoms with Crippen molar-refractivity contribution in [3.63, 3.8) is 0 Å². The first-order chi connectivity index (χ1) is 12.1. The maximum atomic E-state index is 11.8. The molecule has 3 aromatic rings. The van der Waals surface area contributed by atoms with Gasteiger partial charge in [0.15, 0.2) is 0 Å². The van der Waals surface area contributed by atoms with Crippen LogP contribution < -0.4 is 11.1 Å². The molecule has 0 bridgehead atoms. The van der Waals surface area contributed by atoms with Crippen LogP contribution in [0.15, 0.2) is 73.1 Å². The van der Waals surface area contributed by atoms with Crippen LogP contribution in [0, 0.1) is 0 Å². The number of phenolic OH excluding ortho intramolecular Hbond substituents is 1. The molecule has 1 amide bonds. The normalized spacial score (nSPS) is 11.7. The van der Waals surface area contributed by atoms with Crippen molar-refractivity contribution >= 4 is 11.6 Å². The molecule has 0 spiro atoms. The van der Waals surface area contributed by atoms with Gasteiger partial charge in [0.1, 0.15) is 11.8 Å². The fourth-order valence-electron chi connectivity index (χ4n) is 2.59. The second-order valence-corrected chi connectivity index (χ2v) is 5.78. The number of aromatic nitrogens is 1. The van der Waals surface area contributed by atoms with Gasteiger partial charge in [0.25, 0.3) is 0 Å². The number of carbonyl (C=O) groups excluding carboxylic acids is 1. The number of carbonyl (C=O) groups is 1. The van der Waals surface area contributed by atoms with Crippen molar-refractivity contribution < 1.29 is 9.90 Å². The molecule has 126 valence electrons. The molecule has 1 heterocycles. The summed E-state index contributed by atoms with van der Waals surface area (Å²) in [6, 6.07) is 17.9. The Balaban J connectivity index is 1.72. The van der Waals surface area contributed by atoms with Gasteiger partial charge in [-0.1, -0.05) is 24.3 Å². The molecule has 0 radical (unpaired) electrons. The third-order valence-electron chi connectivity index (χ3n) is 3.96. The molecule has 25 heavy (non-hydrogen) atoms. The van der Waals surface area contributed by atoms with E-state index in [2.05, 4.69) is 10.3 Å². The number of hydrogen-bond acceptors (Lipinski definition) is 4. The van der Waals surface area contributed by atoms with E-state index >= 15 is 0 Å². The minimum absolute atomic E-state index is 0.194. The lowest BCUT2D eigenvalue weighted by atomic mass is 10.0. The third kappa shape index (κ3) is 4.35. The predicted octanol–water partition coefficient (Wildman–Crippen LogP) is 2.96. The molecule has 3 rings (SSSR count). The number of benzene rings is 2. The van der Waals surface area contributed by atoms with Crippen molar-refractivity contribution in [1.29, 1.82) is 0 Å². The van der Waals surface area contributed by atoms with Crippen molar-refractivity contribution in [3.05, 3.63) is 78.6 Å². The van der Waals surface area contributed by atoms with Crippen molar-refractivity contribution in [3.8, 4) is 16.9 Å². The van der Waals surface area contributed by atoms with E-state index in [9.17, 15) is 9.90 Å². The number of aromatic hydroxyl groups is 1. The van der Waals surface area contributed by atoms with E-state index in [0.29, 0.717) is 6.42 Å². The number of nitrogens with zero attached hydrogens (tertiary/aromatic N) is 1. The molecule has 0 saturated carbocycles. The lowest BCUT2D eigenvalue weighted by Crippen LogP contribution is -2.37. The zero-order valence-corrected chi connectivity index (χ0v) is 13.6. The van der Waals surface area contributed by atoms with Gasteiger partial charge in [-0.3, -0.25) is 9.78 Å². The van der Waals surface area contributed by atoms with Crippen LogP contribution in [-0.4, -0.2) is 22.0 Å². The summed E-state index contributed by atoms with van der Waals surface area (Å²) < 4.78 is 0. The molecule has 1 aromatic heterocycles. The average molecular weight is 333 g/mol. The SMILES string of the molecule is NC(=O)[C@@H](Cc1ccc(O)cc1)Nc1ccc(-c2ccncc2)cc1. The summed E-state index contributed by atoms with van der Waals surface area (Å²) in [7, 11) is 0. The van der Waals surface area contributed by atoms with Gasteiger partial charge >= 0.3 is 0 Å². The van der Waals surface area contributed by atoms with Crippen LogP contribution in [0.5, 0.6) is 5.75 Å². The minimum atomic E-state index is -0.531. The number of amides is 1. The number of hydrogen-bond donors (Lipinski definition) is 3. The summed E-state index contributed by atoms with van der Waals surface area (Å²) >= 11 is 0. The van der Waals surface area contributed by atoms with Gasteiger partial charge in [0.05, 0.1) is 0 Å². The van der Waals surface area contributed by atoms with Crippen LogP contribution in [-0.2, 0) is 11.2 Å². The molecule has 0 aliphatic carbocycles. The first kappa shape index (κ1) is 16.5.